The molecular weight excluding hydrogens is 254 g/mol. The Bertz CT molecular complexity index is 520. The molecule has 0 saturated heterocycles. The molecule has 0 atom stereocenters. The predicted molar refractivity (Wildman–Crippen MR) is 79.2 cm³/mol. The molecule has 1 amide bonds. The van der Waals surface area contributed by atoms with Gasteiger partial charge in [-0.1, -0.05) is 23.8 Å². The molecule has 0 aromatic heterocycles. The number of amides is 1. The predicted octanol–water partition coefficient (Wildman–Crippen LogP) is 2.34. The monoisotopic (exact) mass is 275 g/mol. The lowest BCUT2D eigenvalue weighted by Crippen LogP contribution is -2.31. The van der Waals surface area contributed by atoms with Gasteiger partial charge in [-0.25, -0.2) is 0 Å². The highest BCUT2D eigenvalue weighted by Crippen LogP contribution is 2.12. The average Bonchev–Trinajstić information content (AvgIpc) is 2.37. The Morgan fingerprint density at radius 2 is 2.00 bits per heavy atom. The number of aryl methyl sites for hydroxylation is 2. The quantitative estimate of drug-likeness (QED) is 0.612. The van der Waals surface area contributed by atoms with Gasteiger partial charge in [0.25, 0.3) is 0 Å². The maximum absolute atomic E-state index is 11.9. The van der Waals surface area contributed by atoms with Crippen molar-refractivity contribution in [1.82, 2.24) is 4.90 Å². The van der Waals surface area contributed by atoms with E-state index >= 15 is 0 Å². The maximum atomic E-state index is 11.9. The van der Waals surface area contributed by atoms with Gasteiger partial charge in [0.15, 0.2) is 0 Å². The van der Waals surface area contributed by atoms with Gasteiger partial charge >= 0.3 is 5.97 Å². The fraction of sp³-hybridized carbons (Fsp3) is 0.375. The van der Waals surface area contributed by atoms with Crippen molar-refractivity contribution in [2.75, 3.05) is 20.2 Å². The smallest absolute Gasteiger partial charge is 0.325 e. The Balaban J connectivity index is 2.65. The van der Waals surface area contributed by atoms with E-state index in [4.69, 9.17) is 4.74 Å². The van der Waals surface area contributed by atoms with E-state index in [2.05, 4.69) is 6.07 Å². The van der Waals surface area contributed by atoms with Crippen molar-refractivity contribution < 1.29 is 14.3 Å². The molecule has 0 aliphatic rings. The molecule has 1 aromatic rings. The van der Waals surface area contributed by atoms with Crippen molar-refractivity contribution in [3.63, 3.8) is 0 Å². The van der Waals surface area contributed by atoms with Crippen LogP contribution in [0.1, 0.15) is 23.6 Å². The lowest BCUT2D eigenvalue weighted by atomic mass is 10.1. The van der Waals surface area contributed by atoms with E-state index in [0.717, 1.165) is 11.1 Å². The molecule has 108 valence electrons. The molecule has 4 nitrogen and oxygen atoms in total. The lowest BCUT2D eigenvalue weighted by Gasteiger charge is -2.13. The van der Waals surface area contributed by atoms with E-state index in [1.54, 1.807) is 20.0 Å². The summed E-state index contributed by atoms with van der Waals surface area (Å²) in [5.41, 5.74) is 3.29. The van der Waals surface area contributed by atoms with Gasteiger partial charge in [-0.3, -0.25) is 9.59 Å². The fourth-order valence-electron chi connectivity index (χ4n) is 1.78. The summed E-state index contributed by atoms with van der Waals surface area (Å²) in [6, 6.07) is 6.03. The summed E-state index contributed by atoms with van der Waals surface area (Å²) in [5.74, 6) is -0.624. The number of benzene rings is 1. The summed E-state index contributed by atoms with van der Waals surface area (Å²) >= 11 is 0. The van der Waals surface area contributed by atoms with Gasteiger partial charge in [-0.2, -0.15) is 0 Å². The standard InChI is InChI=1S/C16H21NO3/c1-5-20-16(19)11-17(4)15(18)9-8-14-7-6-12(2)10-13(14)3/h6-10H,5,11H2,1-4H3. The van der Waals surface area contributed by atoms with Crippen molar-refractivity contribution >= 4 is 18.0 Å². The summed E-state index contributed by atoms with van der Waals surface area (Å²) in [6.45, 7) is 6.04. The lowest BCUT2D eigenvalue weighted by molar-refractivity contribution is -0.146. The molecule has 0 saturated carbocycles. The first-order valence-electron chi connectivity index (χ1n) is 6.60. The van der Waals surface area contributed by atoms with Gasteiger partial charge in [0.05, 0.1) is 6.61 Å². The minimum absolute atomic E-state index is 0.0378. The van der Waals surface area contributed by atoms with Crippen molar-refractivity contribution in [1.29, 1.82) is 0 Å². The highest BCUT2D eigenvalue weighted by Gasteiger charge is 2.10. The Labute approximate surface area is 120 Å². The number of ether oxygens (including phenoxy) is 1. The summed E-state index contributed by atoms with van der Waals surface area (Å²) in [5, 5.41) is 0. The van der Waals surface area contributed by atoms with Crippen LogP contribution in [0.4, 0.5) is 0 Å². The minimum Gasteiger partial charge on any atom is -0.465 e. The summed E-state index contributed by atoms with van der Waals surface area (Å²) in [6.07, 6.45) is 3.23. The van der Waals surface area contributed by atoms with Crippen LogP contribution in [-0.2, 0) is 14.3 Å². The number of hydrogen-bond acceptors (Lipinski definition) is 3. The van der Waals surface area contributed by atoms with Gasteiger partial charge < -0.3 is 9.64 Å². The summed E-state index contributed by atoms with van der Waals surface area (Å²) in [7, 11) is 1.57. The van der Waals surface area contributed by atoms with E-state index in [-0.39, 0.29) is 12.5 Å². The van der Waals surface area contributed by atoms with Gasteiger partial charge in [0.1, 0.15) is 6.54 Å². The molecule has 0 N–H and O–H groups in total. The van der Waals surface area contributed by atoms with Gasteiger partial charge in [0.2, 0.25) is 5.91 Å². The van der Waals surface area contributed by atoms with E-state index < -0.39 is 5.97 Å². The van der Waals surface area contributed by atoms with Crippen LogP contribution in [0, 0.1) is 13.8 Å². The van der Waals surface area contributed by atoms with E-state index in [1.807, 2.05) is 26.0 Å². The van der Waals surface area contributed by atoms with Crippen molar-refractivity contribution in [3.05, 3.63) is 41.0 Å². The summed E-state index contributed by atoms with van der Waals surface area (Å²) in [4.78, 5) is 24.5. The third-order valence-electron chi connectivity index (χ3n) is 2.88. The minimum atomic E-state index is -0.400. The van der Waals surface area contributed by atoms with E-state index in [1.165, 1.54) is 16.5 Å². The number of carbonyl (C=O) groups excluding carboxylic acids is 2. The van der Waals surface area contributed by atoms with Crippen LogP contribution >= 0.6 is 0 Å². The first-order valence-corrected chi connectivity index (χ1v) is 6.60. The molecule has 0 heterocycles. The second kappa shape index (κ2) is 7.48. The van der Waals surface area contributed by atoms with E-state index in [9.17, 15) is 9.59 Å². The molecule has 0 unspecified atom stereocenters. The van der Waals surface area contributed by atoms with Crippen molar-refractivity contribution in [3.8, 4) is 0 Å². The van der Waals surface area contributed by atoms with Gasteiger partial charge in [-0.15, -0.1) is 0 Å². The van der Waals surface area contributed by atoms with Crippen LogP contribution in [0.25, 0.3) is 6.08 Å². The Kier molecular flexibility index (Phi) is 5.97. The number of hydrogen-bond donors (Lipinski definition) is 0. The van der Waals surface area contributed by atoms with Crippen LogP contribution in [-0.4, -0.2) is 37.0 Å². The molecule has 0 spiro atoms. The topological polar surface area (TPSA) is 46.6 Å². The molecular formula is C16H21NO3. The Morgan fingerprint density at radius 3 is 2.60 bits per heavy atom. The van der Waals surface area contributed by atoms with E-state index in [0.29, 0.717) is 6.61 Å². The molecule has 4 heteroatoms. The molecule has 0 fully saturated rings. The Hall–Kier alpha value is -2.10. The zero-order chi connectivity index (χ0) is 15.1. The maximum Gasteiger partial charge on any atom is 0.325 e. The zero-order valence-electron chi connectivity index (χ0n) is 12.5. The molecule has 0 aliphatic heterocycles. The first-order chi connectivity index (χ1) is 9.43. The second-order valence-electron chi connectivity index (χ2n) is 4.69. The first kappa shape index (κ1) is 16.0. The van der Waals surface area contributed by atoms with Crippen LogP contribution < -0.4 is 0 Å². The van der Waals surface area contributed by atoms with Crippen LogP contribution in [0.5, 0.6) is 0 Å². The second-order valence-corrected chi connectivity index (χ2v) is 4.69. The molecule has 20 heavy (non-hydrogen) atoms. The number of nitrogens with zero attached hydrogens (tertiary/aromatic N) is 1. The molecule has 0 aliphatic carbocycles. The highest BCUT2D eigenvalue weighted by molar-refractivity contribution is 5.93. The van der Waals surface area contributed by atoms with Gasteiger partial charge in [0, 0.05) is 13.1 Å². The number of esters is 1. The zero-order valence-corrected chi connectivity index (χ0v) is 12.5. The Morgan fingerprint density at radius 1 is 1.30 bits per heavy atom. The normalized spacial score (nSPS) is 10.6. The molecule has 0 bridgehead atoms. The van der Waals surface area contributed by atoms with Crippen molar-refractivity contribution in [2.24, 2.45) is 0 Å². The van der Waals surface area contributed by atoms with Crippen LogP contribution in [0.3, 0.4) is 0 Å². The number of carbonyl (C=O) groups is 2. The van der Waals surface area contributed by atoms with Gasteiger partial charge in [-0.05, 0) is 38.0 Å². The average molecular weight is 275 g/mol. The fourth-order valence-corrected chi connectivity index (χ4v) is 1.78. The largest absolute Gasteiger partial charge is 0.465 e. The van der Waals surface area contributed by atoms with Crippen LogP contribution in [0.15, 0.2) is 24.3 Å². The molecule has 1 aromatic carbocycles. The molecule has 0 radical (unpaired) electrons. The summed E-state index contributed by atoms with van der Waals surface area (Å²) < 4.78 is 4.80. The molecule has 1 rings (SSSR count). The van der Waals surface area contributed by atoms with Crippen molar-refractivity contribution in [2.45, 2.75) is 20.8 Å². The highest BCUT2D eigenvalue weighted by atomic mass is 16.5. The third kappa shape index (κ3) is 4.88. The number of likely N-dealkylation sites (N-methyl/N-ethyl adjacent to an activating group) is 1. The van der Waals surface area contributed by atoms with Crippen LogP contribution in [0.2, 0.25) is 0 Å². The SMILES string of the molecule is CCOC(=O)CN(C)C(=O)C=Cc1ccc(C)cc1C. The number of rotatable bonds is 5. The third-order valence-corrected chi connectivity index (χ3v) is 2.88.